The van der Waals surface area contributed by atoms with Gasteiger partial charge in [-0.05, 0) is 24.3 Å². The maximum atomic E-state index is 13.1. The van der Waals surface area contributed by atoms with E-state index in [9.17, 15) is 20.7 Å². The molecular weight excluding hydrogens is 305 g/mol. The highest BCUT2D eigenvalue weighted by molar-refractivity contribution is 7.93. The lowest BCUT2D eigenvalue weighted by Gasteiger charge is -2.10. The predicted molar refractivity (Wildman–Crippen MR) is 72.0 cm³/mol. The Morgan fingerprint density at radius 2 is 1.35 bits per heavy atom. The number of hydrogen-bond donors (Lipinski definition) is 1. The van der Waals surface area contributed by atoms with Crippen LogP contribution in [0.15, 0.2) is 64.4 Å². The molecule has 0 spiro atoms. The minimum Gasteiger partial charge on any atom is -0.278 e. The quantitative estimate of drug-likeness (QED) is 0.877. The van der Waals surface area contributed by atoms with Gasteiger partial charge in [0.15, 0.2) is 0 Å². The topological polar surface area (TPSA) is 80.3 Å². The number of nitrogens with one attached hydrogen (secondary N) is 1. The van der Waals surface area contributed by atoms with Gasteiger partial charge in [-0.15, -0.1) is 3.89 Å². The summed E-state index contributed by atoms with van der Waals surface area (Å²) in [5.74, 6) is 0. The maximum absolute atomic E-state index is 13.1. The smallest absolute Gasteiger partial charge is 0.278 e. The summed E-state index contributed by atoms with van der Waals surface area (Å²) in [7, 11) is -8.99. The molecular formula is C12H10FNO4S2. The van der Waals surface area contributed by atoms with E-state index in [-0.39, 0.29) is 10.6 Å². The van der Waals surface area contributed by atoms with Crippen LogP contribution in [-0.2, 0) is 20.2 Å². The van der Waals surface area contributed by atoms with Gasteiger partial charge in [-0.1, -0.05) is 30.3 Å². The van der Waals surface area contributed by atoms with E-state index >= 15 is 0 Å². The molecule has 2 rings (SSSR count). The fourth-order valence-electron chi connectivity index (χ4n) is 1.57. The van der Waals surface area contributed by atoms with Gasteiger partial charge in [0.1, 0.15) is 4.90 Å². The molecule has 0 fully saturated rings. The van der Waals surface area contributed by atoms with E-state index in [1.807, 2.05) is 0 Å². The molecule has 2 aromatic carbocycles. The Kier molecular flexibility index (Phi) is 3.78. The van der Waals surface area contributed by atoms with Crippen LogP contribution >= 0.6 is 0 Å². The lowest BCUT2D eigenvalue weighted by atomic mass is 10.3. The van der Waals surface area contributed by atoms with Crippen LogP contribution < -0.4 is 4.72 Å². The van der Waals surface area contributed by atoms with E-state index in [1.54, 1.807) is 6.07 Å². The number of halogens is 1. The van der Waals surface area contributed by atoms with E-state index in [1.165, 1.54) is 42.5 Å². The van der Waals surface area contributed by atoms with Crippen molar-refractivity contribution in [3.8, 4) is 0 Å². The second kappa shape index (κ2) is 5.22. The van der Waals surface area contributed by atoms with Gasteiger partial charge in [-0.2, -0.15) is 8.42 Å². The normalized spacial score (nSPS) is 12.1. The summed E-state index contributed by atoms with van der Waals surface area (Å²) in [5, 5.41) is 0. The Morgan fingerprint density at radius 1 is 0.800 bits per heavy atom. The molecule has 8 heteroatoms. The van der Waals surface area contributed by atoms with Crippen LogP contribution in [0.5, 0.6) is 0 Å². The molecule has 2 aromatic rings. The van der Waals surface area contributed by atoms with Crippen LogP contribution in [0.2, 0.25) is 0 Å². The van der Waals surface area contributed by atoms with Gasteiger partial charge in [0.05, 0.1) is 10.6 Å². The maximum Gasteiger partial charge on any atom is 0.334 e. The van der Waals surface area contributed by atoms with Crippen molar-refractivity contribution in [3.63, 3.8) is 0 Å². The highest BCUT2D eigenvalue weighted by Gasteiger charge is 2.21. The number of benzene rings is 2. The summed E-state index contributed by atoms with van der Waals surface area (Å²) in [4.78, 5) is -0.773. The first-order chi connectivity index (χ1) is 9.31. The third kappa shape index (κ3) is 3.14. The summed E-state index contributed by atoms with van der Waals surface area (Å²) in [6, 6.07) is 12.2. The van der Waals surface area contributed by atoms with E-state index in [4.69, 9.17) is 0 Å². The van der Waals surface area contributed by atoms with Crippen molar-refractivity contribution in [2.24, 2.45) is 0 Å². The number of hydrogen-bond acceptors (Lipinski definition) is 4. The highest BCUT2D eigenvalue weighted by Crippen LogP contribution is 2.25. The van der Waals surface area contributed by atoms with Crippen LogP contribution in [0, 0.1) is 0 Å². The summed E-state index contributed by atoms with van der Waals surface area (Å²) in [5.41, 5.74) is -0.334. The fraction of sp³-hybridized carbons (Fsp3) is 0. The van der Waals surface area contributed by atoms with Crippen LogP contribution in [-0.4, -0.2) is 16.8 Å². The zero-order chi connectivity index (χ0) is 14.8. The number of para-hydroxylation sites is 1. The fourth-order valence-corrected chi connectivity index (χ4v) is 3.36. The molecule has 0 amide bonds. The molecule has 20 heavy (non-hydrogen) atoms. The molecule has 0 radical (unpaired) electrons. The number of rotatable bonds is 4. The molecule has 0 aromatic heterocycles. The number of anilines is 1. The molecule has 5 nitrogen and oxygen atoms in total. The summed E-state index contributed by atoms with van der Waals surface area (Å²) in [6.45, 7) is 0. The highest BCUT2D eigenvalue weighted by atomic mass is 32.3. The van der Waals surface area contributed by atoms with Gasteiger partial charge < -0.3 is 0 Å². The van der Waals surface area contributed by atoms with Gasteiger partial charge in [0.2, 0.25) is 0 Å². The van der Waals surface area contributed by atoms with Gasteiger partial charge in [0, 0.05) is 0 Å². The molecule has 106 valence electrons. The summed E-state index contributed by atoms with van der Waals surface area (Å²) in [6.07, 6.45) is 0. The minimum atomic E-state index is -5.01. The molecule has 0 unspecified atom stereocenters. The SMILES string of the molecule is O=S(=O)(F)c1ccccc1NS(=O)(=O)c1ccccc1. The van der Waals surface area contributed by atoms with Crippen LogP contribution in [0.3, 0.4) is 0 Å². The van der Waals surface area contributed by atoms with Crippen molar-refractivity contribution in [3.05, 3.63) is 54.6 Å². The van der Waals surface area contributed by atoms with Crippen molar-refractivity contribution in [2.45, 2.75) is 9.79 Å². The predicted octanol–water partition coefficient (Wildman–Crippen LogP) is 2.15. The lowest BCUT2D eigenvalue weighted by Crippen LogP contribution is -2.14. The Bertz CT molecular complexity index is 818. The molecule has 0 aliphatic rings. The van der Waals surface area contributed by atoms with Crippen molar-refractivity contribution < 1.29 is 20.7 Å². The van der Waals surface area contributed by atoms with Crippen molar-refractivity contribution in [1.82, 2.24) is 0 Å². The zero-order valence-electron chi connectivity index (χ0n) is 10.0. The van der Waals surface area contributed by atoms with Crippen LogP contribution in [0.4, 0.5) is 9.57 Å². The molecule has 1 N–H and O–H groups in total. The Morgan fingerprint density at radius 3 is 1.95 bits per heavy atom. The molecule has 0 saturated heterocycles. The zero-order valence-corrected chi connectivity index (χ0v) is 11.7. The number of sulfonamides is 1. The Balaban J connectivity index is 2.46. The molecule has 0 aliphatic heterocycles. The van der Waals surface area contributed by atoms with Crippen molar-refractivity contribution in [2.75, 3.05) is 4.72 Å². The minimum absolute atomic E-state index is 0.0499. The van der Waals surface area contributed by atoms with Gasteiger partial charge in [0.25, 0.3) is 10.0 Å². The first kappa shape index (κ1) is 14.5. The Hall–Kier alpha value is -1.93. The first-order valence-electron chi connectivity index (χ1n) is 5.42. The second-order valence-corrected chi connectivity index (χ2v) is 6.85. The molecule has 0 bridgehead atoms. The van der Waals surface area contributed by atoms with Crippen LogP contribution in [0.25, 0.3) is 0 Å². The average molecular weight is 315 g/mol. The van der Waals surface area contributed by atoms with Crippen molar-refractivity contribution in [1.29, 1.82) is 0 Å². The third-order valence-corrected chi connectivity index (χ3v) is 4.71. The molecule has 0 atom stereocenters. The molecule has 0 saturated carbocycles. The largest absolute Gasteiger partial charge is 0.334 e. The monoisotopic (exact) mass is 315 g/mol. The summed E-state index contributed by atoms with van der Waals surface area (Å²) < 4.78 is 61.2. The van der Waals surface area contributed by atoms with Gasteiger partial charge in [-0.25, -0.2) is 8.42 Å². The van der Waals surface area contributed by atoms with E-state index in [2.05, 4.69) is 4.72 Å². The van der Waals surface area contributed by atoms with Crippen molar-refractivity contribution >= 4 is 25.9 Å². The average Bonchev–Trinajstić information content (AvgIpc) is 2.39. The Labute approximate surface area is 116 Å². The summed E-state index contributed by atoms with van der Waals surface area (Å²) >= 11 is 0. The van der Waals surface area contributed by atoms with E-state index in [0.29, 0.717) is 0 Å². The standard InChI is InChI=1S/C12H10FNO4S2/c13-19(15,16)12-9-5-4-8-11(12)14-20(17,18)10-6-2-1-3-7-10/h1-9,14H. The van der Waals surface area contributed by atoms with Gasteiger partial charge in [-0.3, -0.25) is 4.72 Å². The van der Waals surface area contributed by atoms with E-state index < -0.39 is 25.1 Å². The van der Waals surface area contributed by atoms with Crippen LogP contribution in [0.1, 0.15) is 0 Å². The third-order valence-electron chi connectivity index (χ3n) is 2.45. The second-order valence-electron chi connectivity index (χ2n) is 3.85. The lowest BCUT2D eigenvalue weighted by molar-refractivity contribution is 0.552. The first-order valence-corrected chi connectivity index (χ1v) is 8.29. The molecule has 0 aliphatic carbocycles. The van der Waals surface area contributed by atoms with E-state index in [0.717, 1.165) is 6.07 Å². The van der Waals surface area contributed by atoms with Gasteiger partial charge >= 0.3 is 10.2 Å². The molecule has 0 heterocycles.